The van der Waals surface area contributed by atoms with E-state index in [9.17, 15) is 4.39 Å². The Kier molecular flexibility index (Phi) is 5.45. The van der Waals surface area contributed by atoms with E-state index in [0.29, 0.717) is 36.1 Å². The number of guanidine groups is 1. The van der Waals surface area contributed by atoms with Crippen molar-refractivity contribution in [2.24, 2.45) is 4.99 Å². The van der Waals surface area contributed by atoms with Crippen molar-refractivity contribution in [2.75, 3.05) is 13.6 Å². The molecule has 0 saturated heterocycles. The first-order valence-corrected chi connectivity index (χ1v) is 8.23. The second kappa shape index (κ2) is 7.94. The summed E-state index contributed by atoms with van der Waals surface area (Å²) in [6, 6.07) is 10.4. The molecule has 0 bridgehead atoms. The third kappa shape index (κ3) is 4.06. The highest BCUT2D eigenvalue weighted by molar-refractivity contribution is 6.31. The molecule has 0 atom stereocenters. The number of aliphatic imine (C=N–C) groups is 1. The molecule has 8 heteroatoms. The number of aromatic nitrogens is 3. The molecule has 6 nitrogen and oxygen atoms in total. The Bertz CT molecular complexity index is 871. The molecule has 0 amide bonds. The van der Waals surface area contributed by atoms with Crippen LogP contribution in [0.3, 0.4) is 0 Å². The summed E-state index contributed by atoms with van der Waals surface area (Å²) in [5, 5.41) is 15.0. The summed E-state index contributed by atoms with van der Waals surface area (Å²) in [7, 11) is 1.67. The van der Waals surface area contributed by atoms with Crippen LogP contribution in [-0.4, -0.2) is 34.2 Å². The largest absolute Gasteiger partial charge is 0.356 e. The number of hydrogen-bond acceptors (Lipinski definition) is 3. The van der Waals surface area contributed by atoms with E-state index in [1.54, 1.807) is 19.2 Å². The Hall–Kier alpha value is -2.67. The number of pyridine rings is 1. The van der Waals surface area contributed by atoms with Gasteiger partial charge in [0, 0.05) is 30.4 Å². The van der Waals surface area contributed by atoms with Gasteiger partial charge < -0.3 is 10.6 Å². The van der Waals surface area contributed by atoms with Crippen LogP contribution in [0.5, 0.6) is 0 Å². The lowest BCUT2D eigenvalue weighted by atomic mass is 10.1. The first kappa shape index (κ1) is 17.2. The van der Waals surface area contributed by atoms with Gasteiger partial charge in [-0.25, -0.2) is 4.39 Å². The molecule has 0 aliphatic heterocycles. The van der Waals surface area contributed by atoms with E-state index in [1.165, 1.54) is 6.07 Å². The van der Waals surface area contributed by atoms with E-state index in [1.807, 2.05) is 28.8 Å². The van der Waals surface area contributed by atoms with Gasteiger partial charge in [-0.2, -0.15) is 0 Å². The molecule has 1 aromatic carbocycles. The van der Waals surface area contributed by atoms with Crippen molar-refractivity contribution in [2.45, 2.75) is 13.0 Å². The Balaban J connectivity index is 1.55. The minimum absolute atomic E-state index is 0.299. The van der Waals surface area contributed by atoms with Crippen LogP contribution in [-0.2, 0) is 13.0 Å². The van der Waals surface area contributed by atoms with Crippen molar-refractivity contribution in [1.82, 2.24) is 25.2 Å². The number of halogens is 2. The molecule has 130 valence electrons. The second-order valence-corrected chi connectivity index (χ2v) is 5.76. The molecular formula is C17H18ClFN6. The van der Waals surface area contributed by atoms with E-state index in [-0.39, 0.29) is 5.82 Å². The molecule has 3 aromatic rings. The predicted molar refractivity (Wildman–Crippen MR) is 96.3 cm³/mol. The van der Waals surface area contributed by atoms with Gasteiger partial charge in [-0.1, -0.05) is 23.7 Å². The zero-order valence-corrected chi connectivity index (χ0v) is 14.5. The molecule has 3 rings (SSSR count). The topological polar surface area (TPSA) is 66.6 Å². The van der Waals surface area contributed by atoms with Crippen LogP contribution in [0.25, 0.3) is 5.65 Å². The smallest absolute Gasteiger partial charge is 0.191 e. The summed E-state index contributed by atoms with van der Waals surface area (Å²) in [6.45, 7) is 0.964. The molecular weight excluding hydrogens is 343 g/mol. The van der Waals surface area contributed by atoms with Crippen LogP contribution in [0.4, 0.5) is 4.39 Å². The van der Waals surface area contributed by atoms with Crippen molar-refractivity contribution >= 4 is 23.2 Å². The summed E-state index contributed by atoms with van der Waals surface area (Å²) >= 11 is 6.03. The Morgan fingerprint density at radius 2 is 2.08 bits per heavy atom. The molecule has 2 aromatic heterocycles. The summed E-state index contributed by atoms with van der Waals surface area (Å²) in [5.41, 5.74) is 1.28. The average Bonchev–Trinajstić information content (AvgIpc) is 3.03. The standard InChI is InChI=1S/C17H18ClFN6/c1-20-17(21-9-8-12-13(18)5-4-6-14(12)19)22-11-16-24-23-15-7-2-3-10-25(15)16/h2-7,10H,8-9,11H2,1H3,(H2,20,21,22). The highest BCUT2D eigenvalue weighted by Crippen LogP contribution is 2.18. The van der Waals surface area contributed by atoms with Crippen molar-refractivity contribution < 1.29 is 4.39 Å². The van der Waals surface area contributed by atoms with Gasteiger partial charge in [-0.05, 0) is 30.7 Å². The minimum atomic E-state index is -0.299. The lowest BCUT2D eigenvalue weighted by Gasteiger charge is -2.12. The fourth-order valence-corrected chi connectivity index (χ4v) is 2.73. The summed E-state index contributed by atoms with van der Waals surface area (Å²) in [5.74, 6) is 1.07. The second-order valence-electron chi connectivity index (χ2n) is 5.35. The van der Waals surface area contributed by atoms with Gasteiger partial charge in [-0.15, -0.1) is 10.2 Å². The fourth-order valence-electron chi connectivity index (χ4n) is 2.47. The highest BCUT2D eigenvalue weighted by atomic mass is 35.5. The van der Waals surface area contributed by atoms with Crippen LogP contribution in [0.2, 0.25) is 5.02 Å². The molecule has 0 aliphatic carbocycles. The summed E-state index contributed by atoms with van der Waals surface area (Å²) in [4.78, 5) is 4.15. The molecule has 0 unspecified atom stereocenters. The monoisotopic (exact) mass is 360 g/mol. The van der Waals surface area contributed by atoms with Gasteiger partial charge in [0.15, 0.2) is 17.4 Å². The number of hydrogen-bond donors (Lipinski definition) is 2. The first-order valence-electron chi connectivity index (χ1n) is 7.85. The third-order valence-electron chi connectivity index (χ3n) is 3.75. The molecule has 0 saturated carbocycles. The van der Waals surface area contributed by atoms with Gasteiger partial charge in [0.2, 0.25) is 0 Å². The summed E-state index contributed by atoms with van der Waals surface area (Å²) < 4.78 is 15.7. The van der Waals surface area contributed by atoms with Crippen molar-refractivity contribution in [3.05, 3.63) is 64.8 Å². The van der Waals surface area contributed by atoms with E-state index >= 15 is 0 Å². The quantitative estimate of drug-likeness (QED) is 0.541. The minimum Gasteiger partial charge on any atom is -0.356 e. The third-order valence-corrected chi connectivity index (χ3v) is 4.11. The van der Waals surface area contributed by atoms with E-state index in [0.717, 1.165) is 11.5 Å². The van der Waals surface area contributed by atoms with Crippen LogP contribution >= 0.6 is 11.6 Å². The molecule has 0 fully saturated rings. The SMILES string of the molecule is CN=C(NCCc1c(F)cccc1Cl)NCc1nnc2ccccn12. The maximum absolute atomic E-state index is 13.8. The molecule has 0 spiro atoms. The Morgan fingerprint density at radius 1 is 1.20 bits per heavy atom. The molecule has 2 heterocycles. The number of fused-ring (bicyclic) bond motifs is 1. The fraction of sp³-hybridized carbons (Fsp3) is 0.235. The first-order chi connectivity index (χ1) is 12.2. The van der Waals surface area contributed by atoms with Gasteiger partial charge in [0.25, 0.3) is 0 Å². The summed E-state index contributed by atoms with van der Waals surface area (Å²) in [6.07, 6.45) is 2.36. The Labute approximate surface area is 149 Å². The lowest BCUT2D eigenvalue weighted by Crippen LogP contribution is -2.38. The number of nitrogens with zero attached hydrogens (tertiary/aromatic N) is 4. The van der Waals surface area contributed by atoms with Crippen LogP contribution in [0, 0.1) is 5.82 Å². The maximum atomic E-state index is 13.8. The molecule has 25 heavy (non-hydrogen) atoms. The van der Waals surface area contributed by atoms with Gasteiger partial charge in [0.05, 0.1) is 6.54 Å². The van der Waals surface area contributed by atoms with Crippen molar-refractivity contribution in [1.29, 1.82) is 0 Å². The normalized spacial score (nSPS) is 11.7. The van der Waals surface area contributed by atoms with E-state index < -0.39 is 0 Å². The number of benzene rings is 1. The average molecular weight is 361 g/mol. The maximum Gasteiger partial charge on any atom is 0.191 e. The van der Waals surface area contributed by atoms with Gasteiger partial charge in [0.1, 0.15) is 5.82 Å². The number of rotatable bonds is 5. The van der Waals surface area contributed by atoms with Crippen LogP contribution < -0.4 is 10.6 Å². The number of nitrogens with one attached hydrogen (secondary N) is 2. The van der Waals surface area contributed by atoms with Crippen molar-refractivity contribution in [3.8, 4) is 0 Å². The highest BCUT2D eigenvalue weighted by Gasteiger charge is 2.08. The van der Waals surface area contributed by atoms with Crippen molar-refractivity contribution in [3.63, 3.8) is 0 Å². The Morgan fingerprint density at radius 3 is 2.88 bits per heavy atom. The van der Waals surface area contributed by atoms with Crippen LogP contribution in [0.15, 0.2) is 47.6 Å². The van der Waals surface area contributed by atoms with E-state index in [2.05, 4.69) is 25.8 Å². The lowest BCUT2D eigenvalue weighted by molar-refractivity contribution is 0.606. The van der Waals surface area contributed by atoms with Crippen LogP contribution in [0.1, 0.15) is 11.4 Å². The van der Waals surface area contributed by atoms with Gasteiger partial charge >= 0.3 is 0 Å². The predicted octanol–water partition coefficient (Wildman–Crippen LogP) is 2.43. The molecule has 2 N–H and O–H groups in total. The molecule has 0 radical (unpaired) electrons. The molecule has 0 aliphatic rings. The zero-order valence-electron chi connectivity index (χ0n) is 13.7. The zero-order chi connectivity index (χ0) is 17.6. The van der Waals surface area contributed by atoms with Gasteiger partial charge in [-0.3, -0.25) is 9.39 Å². The van der Waals surface area contributed by atoms with E-state index in [4.69, 9.17) is 11.6 Å².